The van der Waals surface area contributed by atoms with Crippen molar-refractivity contribution >= 4 is 11.6 Å². The summed E-state index contributed by atoms with van der Waals surface area (Å²) >= 11 is 0. The van der Waals surface area contributed by atoms with Crippen LogP contribution in [0.1, 0.15) is 30.6 Å². The van der Waals surface area contributed by atoms with Gasteiger partial charge in [0.15, 0.2) is 0 Å². The Labute approximate surface area is 211 Å². The second-order valence-electron chi connectivity index (χ2n) is 8.85. The Bertz CT molecular complexity index is 1480. The van der Waals surface area contributed by atoms with Gasteiger partial charge in [0.2, 0.25) is 5.91 Å². The number of ether oxygens (including phenoxy) is 1. The SMILES string of the molecule is COc1cccc(-c2nc3ccc(-c4ccccc4)cn3c2CCC(=O)N[C@@H](C)c2ccccc2)c1. The molecule has 0 unspecified atom stereocenters. The van der Waals surface area contributed by atoms with Crippen molar-refractivity contribution in [2.45, 2.75) is 25.8 Å². The second-order valence-corrected chi connectivity index (χ2v) is 8.85. The summed E-state index contributed by atoms with van der Waals surface area (Å²) in [4.78, 5) is 17.9. The largest absolute Gasteiger partial charge is 0.497 e. The van der Waals surface area contributed by atoms with E-state index in [0.29, 0.717) is 12.8 Å². The number of carbonyl (C=O) groups is 1. The number of nitrogens with one attached hydrogen (secondary N) is 1. The van der Waals surface area contributed by atoms with Crippen molar-refractivity contribution in [1.29, 1.82) is 0 Å². The Morgan fingerprint density at radius 1 is 0.889 bits per heavy atom. The van der Waals surface area contributed by atoms with Crippen molar-refractivity contribution in [3.63, 3.8) is 0 Å². The van der Waals surface area contributed by atoms with Gasteiger partial charge in [0.1, 0.15) is 11.4 Å². The van der Waals surface area contributed by atoms with Gasteiger partial charge in [-0.1, -0.05) is 72.8 Å². The van der Waals surface area contributed by atoms with Crippen LogP contribution in [0.25, 0.3) is 28.0 Å². The van der Waals surface area contributed by atoms with Crippen molar-refractivity contribution in [1.82, 2.24) is 14.7 Å². The minimum absolute atomic E-state index is 0.0112. The highest BCUT2D eigenvalue weighted by atomic mass is 16.5. The third-order valence-electron chi connectivity index (χ3n) is 6.43. The van der Waals surface area contributed by atoms with Gasteiger partial charge < -0.3 is 14.5 Å². The number of fused-ring (bicyclic) bond motifs is 1. The Kier molecular flexibility index (Phi) is 6.80. The molecule has 0 saturated carbocycles. The highest BCUT2D eigenvalue weighted by Gasteiger charge is 2.17. The number of methoxy groups -OCH3 is 1. The van der Waals surface area contributed by atoms with Gasteiger partial charge in [-0.25, -0.2) is 4.98 Å². The van der Waals surface area contributed by atoms with Gasteiger partial charge in [-0.3, -0.25) is 4.79 Å². The van der Waals surface area contributed by atoms with Crippen LogP contribution in [0, 0.1) is 0 Å². The third kappa shape index (κ3) is 5.01. The van der Waals surface area contributed by atoms with E-state index in [1.54, 1.807) is 7.11 Å². The van der Waals surface area contributed by atoms with E-state index in [9.17, 15) is 4.79 Å². The van der Waals surface area contributed by atoms with E-state index >= 15 is 0 Å². The Morgan fingerprint density at radius 3 is 2.36 bits per heavy atom. The van der Waals surface area contributed by atoms with Gasteiger partial charge >= 0.3 is 0 Å². The molecule has 2 aromatic heterocycles. The number of aromatic nitrogens is 2. The number of imidazole rings is 1. The minimum Gasteiger partial charge on any atom is -0.497 e. The van der Waals surface area contributed by atoms with E-state index in [-0.39, 0.29) is 11.9 Å². The van der Waals surface area contributed by atoms with E-state index in [1.807, 2.05) is 85.8 Å². The highest BCUT2D eigenvalue weighted by Crippen LogP contribution is 2.30. The van der Waals surface area contributed by atoms with Gasteiger partial charge in [-0.2, -0.15) is 0 Å². The summed E-state index contributed by atoms with van der Waals surface area (Å²) in [6.07, 6.45) is 3.03. The van der Waals surface area contributed by atoms with Crippen LogP contribution >= 0.6 is 0 Å². The third-order valence-corrected chi connectivity index (χ3v) is 6.43. The molecule has 0 aliphatic heterocycles. The number of hydrogen-bond donors (Lipinski definition) is 1. The number of amides is 1. The lowest BCUT2D eigenvalue weighted by molar-refractivity contribution is -0.121. The maximum Gasteiger partial charge on any atom is 0.220 e. The molecule has 5 heteroatoms. The molecule has 3 aromatic carbocycles. The molecule has 0 spiro atoms. The number of rotatable bonds is 8. The average Bonchev–Trinajstić information content (AvgIpc) is 3.30. The van der Waals surface area contributed by atoms with Gasteiger partial charge in [-0.05, 0) is 54.3 Å². The fourth-order valence-electron chi connectivity index (χ4n) is 4.51. The number of benzene rings is 3. The van der Waals surface area contributed by atoms with Crippen LogP contribution in [0.5, 0.6) is 5.75 Å². The minimum atomic E-state index is -0.0524. The molecule has 5 rings (SSSR count). The molecule has 5 aromatic rings. The summed E-state index contributed by atoms with van der Waals surface area (Å²) in [5.41, 5.74) is 7.00. The quantitative estimate of drug-likeness (QED) is 0.279. The molecular weight excluding hydrogens is 446 g/mol. The molecule has 0 aliphatic carbocycles. The number of nitrogens with zero attached hydrogens (tertiary/aromatic N) is 2. The number of aryl methyl sites for hydroxylation is 1. The number of hydrogen-bond acceptors (Lipinski definition) is 3. The zero-order valence-electron chi connectivity index (χ0n) is 20.5. The predicted molar refractivity (Wildman–Crippen MR) is 144 cm³/mol. The van der Waals surface area contributed by atoms with Crippen LogP contribution < -0.4 is 10.1 Å². The van der Waals surface area contributed by atoms with Gasteiger partial charge in [0, 0.05) is 18.2 Å². The van der Waals surface area contributed by atoms with E-state index in [1.165, 1.54) is 0 Å². The monoisotopic (exact) mass is 475 g/mol. The molecule has 1 atom stereocenters. The first-order valence-electron chi connectivity index (χ1n) is 12.2. The van der Waals surface area contributed by atoms with Crippen LogP contribution in [0.4, 0.5) is 0 Å². The smallest absolute Gasteiger partial charge is 0.220 e. The van der Waals surface area contributed by atoms with Crippen LogP contribution in [-0.2, 0) is 11.2 Å². The molecule has 1 N–H and O–H groups in total. The summed E-state index contributed by atoms with van der Waals surface area (Å²) < 4.78 is 7.57. The summed E-state index contributed by atoms with van der Waals surface area (Å²) in [5, 5.41) is 3.13. The van der Waals surface area contributed by atoms with Crippen molar-refractivity contribution in [3.8, 4) is 28.1 Å². The molecular formula is C31H29N3O2. The van der Waals surface area contributed by atoms with Crippen LogP contribution in [0.15, 0.2) is 103 Å². The van der Waals surface area contributed by atoms with E-state index in [4.69, 9.17) is 9.72 Å². The van der Waals surface area contributed by atoms with Crippen LogP contribution in [0.3, 0.4) is 0 Å². The molecule has 5 nitrogen and oxygen atoms in total. The summed E-state index contributed by atoms with van der Waals surface area (Å²) in [7, 11) is 1.66. The Morgan fingerprint density at radius 2 is 1.61 bits per heavy atom. The van der Waals surface area contributed by atoms with Gasteiger partial charge in [-0.15, -0.1) is 0 Å². The second kappa shape index (κ2) is 10.5. The normalized spacial score (nSPS) is 11.8. The first-order chi connectivity index (χ1) is 17.6. The molecule has 0 radical (unpaired) electrons. The predicted octanol–water partition coefficient (Wildman–Crippen LogP) is 6.49. The first-order valence-corrected chi connectivity index (χ1v) is 12.2. The lowest BCUT2D eigenvalue weighted by Gasteiger charge is -2.14. The molecule has 0 fully saturated rings. The lowest BCUT2D eigenvalue weighted by atomic mass is 10.1. The Hall–Kier alpha value is -4.38. The maximum absolute atomic E-state index is 12.9. The molecule has 0 bridgehead atoms. The van der Waals surface area contributed by atoms with E-state index < -0.39 is 0 Å². The fourth-order valence-corrected chi connectivity index (χ4v) is 4.51. The Balaban J connectivity index is 1.48. The van der Waals surface area contributed by atoms with Gasteiger partial charge in [0.05, 0.1) is 24.5 Å². The summed E-state index contributed by atoms with van der Waals surface area (Å²) in [6.45, 7) is 2.01. The van der Waals surface area contributed by atoms with Crippen molar-refractivity contribution in [2.75, 3.05) is 7.11 Å². The van der Waals surface area contributed by atoms with Crippen molar-refractivity contribution < 1.29 is 9.53 Å². The standard InChI is InChI=1S/C31H29N3O2/c1-22(23-10-5-3-6-11-23)32-30(35)19-17-28-31(25-14-9-15-27(20-25)36-2)33-29-18-16-26(21-34(28)29)24-12-7-4-8-13-24/h3-16,18,20-22H,17,19H2,1-2H3,(H,32,35)/t22-/m0/s1. The maximum atomic E-state index is 12.9. The zero-order valence-corrected chi connectivity index (χ0v) is 20.5. The number of carbonyl (C=O) groups excluding carboxylic acids is 1. The topological polar surface area (TPSA) is 55.6 Å². The molecule has 180 valence electrons. The fraction of sp³-hybridized carbons (Fsp3) is 0.161. The number of pyridine rings is 1. The lowest BCUT2D eigenvalue weighted by Crippen LogP contribution is -2.26. The van der Waals surface area contributed by atoms with E-state index in [2.05, 4.69) is 34.1 Å². The van der Waals surface area contributed by atoms with Crippen LogP contribution in [-0.4, -0.2) is 22.4 Å². The highest BCUT2D eigenvalue weighted by molar-refractivity contribution is 5.77. The first kappa shape index (κ1) is 23.4. The zero-order chi connectivity index (χ0) is 24.9. The molecule has 0 aliphatic rings. The van der Waals surface area contributed by atoms with Gasteiger partial charge in [0.25, 0.3) is 0 Å². The molecule has 2 heterocycles. The molecule has 1 amide bonds. The summed E-state index contributed by atoms with van der Waals surface area (Å²) in [5.74, 6) is 0.784. The summed E-state index contributed by atoms with van der Waals surface area (Å²) in [6, 6.07) is 32.3. The average molecular weight is 476 g/mol. The van der Waals surface area contributed by atoms with Crippen molar-refractivity contribution in [2.24, 2.45) is 0 Å². The van der Waals surface area contributed by atoms with E-state index in [0.717, 1.165) is 45.0 Å². The van der Waals surface area contributed by atoms with Crippen LogP contribution in [0.2, 0.25) is 0 Å². The van der Waals surface area contributed by atoms with Crippen molar-refractivity contribution in [3.05, 3.63) is 115 Å². The molecule has 36 heavy (non-hydrogen) atoms. The molecule has 0 saturated heterocycles.